The normalized spacial score (nSPS) is 19.1. The number of aromatic nitrogens is 1. The summed E-state index contributed by atoms with van der Waals surface area (Å²) in [5.74, 6) is -0.949. The van der Waals surface area contributed by atoms with Gasteiger partial charge < -0.3 is 15.7 Å². The first-order chi connectivity index (χ1) is 9.08. The van der Waals surface area contributed by atoms with Crippen LogP contribution in [-0.2, 0) is 11.3 Å². The van der Waals surface area contributed by atoms with E-state index < -0.39 is 5.97 Å². The van der Waals surface area contributed by atoms with Crippen molar-refractivity contribution in [1.29, 1.82) is 0 Å². The molecule has 1 aliphatic heterocycles. The topological polar surface area (TPSA) is 91.3 Å². The molecule has 1 saturated heterocycles. The average molecular weight is 283 g/mol. The number of hydrogen-bond donors (Lipinski definition) is 3. The lowest BCUT2D eigenvalue weighted by atomic mass is 9.99. The molecule has 0 radical (unpaired) electrons. The monoisotopic (exact) mass is 283 g/mol. The van der Waals surface area contributed by atoms with Crippen LogP contribution in [0.3, 0.4) is 0 Å². The number of piperidine rings is 1. The summed E-state index contributed by atoms with van der Waals surface area (Å²) in [6, 6.07) is 0. The first-order valence-electron chi connectivity index (χ1n) is 6.26. The number of carboxylic acid groups (broad SMARTS) is 1. The lowest BCUT2D eigenvalue weighted by Gasteiger charge is -2.21. The van der Waals surface area contributed by atoms with Gasteiger partial charge in [0.15, 0.2) is 0 Å². The second-order valence-corrected chi connectivity index (χ2v) is 5.67. The lowest BCUT2D eigenvalue weighted by Crippen LogP contribution is -2.40. The maximum absolute atomic E-state index is 11.9. The largest absolute Gasteiger partial charge is 0.477 e. The Morgan fingerprint density at radius 1 is 1.58 bits per heavy atom. The fraction of sp³-hybridized carbons (Fsp3) is 0.583. The predicted molar refractivity (Wildman–Crippen MR) is 71.3 cm³/mol. The molecular weight excluding hydrogens is 266 g/mol. The molecule has 0 saturated carbocycles. The second kappa shape index (κ2) is 6.12. The molecule has 0 spiro atoms. The van der Waals surface area contributed by atoms with E-state index >= 15 is 0 Å². The first kappa shape index (κ1) is 14.0. The highest BCUT2D eigenvalue weighted by atomic mass is 32.1. The fourth-order valence-corrected chi connectivity index (χ4v) is 2.95. The molecule has 1 aromatic rings. The summed E-state index contributed by atoms with van der Waals surface area (Å²) >= 11 is 1.12. The number of aryl methyl sites for hydroxylation is 1. The highest BCUT2D eigenvalue weighted by Gasteiger charge is 2.21. The highest BCUT2D eigenvalue weighted by molar-refractivity contribution is 7.13. The summed E-state index contributed by atoms with van der Waals surface area (Å²) in [6.45, 7) is 3.64. The van der Waals surface area contributed by atoms with Crippen LogP contribution >= 0.6 is 11.3 Å². The van der Waals surface area contributed by atoms with Crippen molar-refractivity contribution in [2.24, 2.45) is 5.92 Å². The number of rotatable bonds is 4. The van der Waals surface area contributed by atoms with Crippen LogP contribution in [-0.4, -0.2) is 35.1 Å². The van der Waals surface area contributed by atoms with Gasteiger partial charge in [0.05, 0.1) is 18.2 Å². The van der Waals surface area contributed by atoms with Gasteiger partial charge in [-0.25, -0.2) is 9.78 Å². The SMILES string of the molecule is Cc1nc(CNC(=O)[C@@H]2CCCNC2)sc1C(=O)O. The average Bonchev–Trinajstić information content (AvgIpc) is 2.78. The van der Waals surface area contributed by atoms with E-state index in [1.165, 1.54) is 0 Å². The summed E-state index contributed by atoms with van der Waals surface area (Å²) < 4.78 is 0. The van der Waals surface area contributed by atoms with Gasteiger partial charge in [-0.15, -0.1) is 11.3 Å². The molecule has 0 bridgehead atoms. The van der Waals surface area contributed by atoms with Gasteiger partial charge in [0, 0.05) is 6.54 Å². The summed E-state index contributed by atoms with van der Waals surface area (Å²) in [5.41, 5.74) is 0.501. The summed E-state index contributed by atoms with van der Waals surface area (Å²) in [7, 11) is 0. The van der Waals surface area contributed by atoms with E-state index in [1.807, 2.05) is 0 Å². The van der Waals surface area contributed by atoms with Crippen molar-refractivity contribution in [2.75, 3.05) is 13.1 Å². The van der Waals surface area contributed by atoms with Crippen molar-refractivity contribution in [2.45, 2.75) is 26.3 Å². The van der Waals surface area contributed by atoms with Crippen LogP contribution in [0.1, 0.15) is 33.2 Å². The number of hydrogen-bond acceptors (Lipinski definition) is 5. The van der Waals surface area contributed by atoms with Gasteiger partial charge in [-0.05, 0) is 26.3 Å². The Hall–Kier alpha value is -1.47. The third-order valence-electron chi connectivity index (χ3n) is 3.12. The van der Waals surface area contributed by atoms with Crippen molar-refractivity contribution in [3.8, 4) is 0 Å². The molecule has 0 unspecified atom stereocenters. The molecule has 1 amide bonds. The number of aromatic carboxylic acids is 1. The minimum atomic E-state index is -0.968. The fourth-order valence-electron chi connectivity index (χ4n) is 2.11. The number of carboxylic acids is 1. The van der Waals surface area contributed by atoms with E-state index in [9.17, 15) is 9.59 Å². The van der Waals surface area contributed by atoms with E-state index in [0.29, 0.717) is 23.8 Å². The van der Waals surface area contributed by atoms with Crippen LogP contribution in [0.15, 0.2) is 0 Å². The van der Waals surface area contributed by atoms with Crippen LogP contribution in [0, 0.1) is 12.8 Å². The Morgan fingerprint density at radius 3 is 2.95 bits per heavy atom. The van der Waals surface area contributed by atoms with Crippen LogP contribution in [0.25, 0.3) is 0 Å². The number of amides is 1. The van der Waals surface area contributed by atoms with Gasteiger partial charge in [0.1, 0.15) is 9.88 Å². The molecular formula is C12H17N3O3S. The number of carbonyl (C=O) groups is 2. The van der Waals surface area contributed by atoms with E-state index in [4.69, 9.17) is 5.11 Å². The number of carbonyl (C=O) groups excluding carboxylic acids is 1. The third-order valence-corrected chi connectivity index (χ3v) is 4.26. The summed E-state index contributed by atoms with van der Waals surface area (Å²) in [4.78, 5) is 27.2. The van der Waals surface area contributed by atoms with Crippen LogP contribution < -0.4 is 10.6 Å². The Balaban J connectivity index is 1.89. The smallest absolute Gasteiger partial charge is 0.347 e. The molecule has 0 aliphatic carbocycles. The first-order valence-corrected chi connectivity index (χ1v) is 7.07. The minimum absolute atomic E-state index is 0.00810. The Bertz CT molecular complexity index is 481. The molecule has 1 atom stereocenters. The maximum Gasteiger partial charge on any atom is 0.347 e. The number of nitrogens with zero attached hydrogens (tertiary/aromatic N) is 1. The van der Waals surface area contributed by atoms with Crippen molar-refractivity contribution in [1.82, 2.24) is 15.6 Å². The van der Waals surface area contributed by atoms with E-state index in [0.717, 1.165) is 30.7 Å². The van der Waals surface area contributed by atoms with Crippen LogP contribution in [0.4, 0.5) is 0 Å². The van der Waals surface area contributed by atoms with Gasteiger partial charge in [-0.3, -0.25) is 4.79 Å². The van der Waals surface area contributed by atoms with Gasteiger partial charge in [-0.2, -0.15) is 0 Å². The molecule has 2 rings (SSSR count). The molecule has 104 valence electrons. The maximum atomic E-state index is 11.9. The third kappa shape index (κ3) is 3.51. The molecule has 6 nitrogen and oxygen atoms in total. The molecule has 3 N–H and O–H groups in total. The molecule has 2 heterocycles. The Kier molecular flexibility index (Phi) is 4.49. The van der Waals surface area contributed by atoms with E-state index in [1.54, 1.807) is 6.92 Å². The molecule has 1 fully saturated rings. The molecule has 1 aromatic heterocycles. The van der Waals surface area contributed by atoms with Gasteiger partial charge in [0.25, 0.3) is 0 Å². The standard InChI is InChI=1S/C12H17N3O3S/c1-7-10(12(17)18)19-9(15-7)6-14-11(16)8-3-2-4-13-5-8/h8,13H,2-6H2,1H3,(H,14,16)(H,17,18)/t8-/m1/s1. The zero-order valence-electron chi connectivity index (χ0n) is 10.7. The zero-order chi connectivity index (χ0) is 13.8. The molecule has 1 aliphatic rings. The van der Waals surface area contributed by atoms with Gasteiger partial charge in [-0.1, -0.05) is 0 Å². The minimum Gasteiger partial charge on any atom is -0.477 e. The highest BCUT2D eigenvalue weighted by Crippen LogP contribution is 2.18. The molecule has 0 aromatic carbocycles. The summed E-state index contributed by atoms with van der Waals surface area (Å²) in [6.07, 6.45) is 1.91. The number of nitrogens with one attached hydrogen (secondary N) is 2. The quantitative estimate of drug-likeness (QED) is 0.759. The lowest BCUT2D eigenvalue weighted by molar-refractivity contribution is -0.125. The summed E-state index contributed by atoms with van der Waals surface area (Å²) in [5, 5.41) is 15.6. The predicted octanol–water partition coefficient (Wildman–Crippen LogP) is 0.766. The van der Waals surface area contributed by atoms with Gasteiger partial charge in [0.2, 0.25) is 5.91 Å². The zero-order valence-corrected chi connectivity index (χ0v) is 11.5. The second-order valence-electron chi connectivity index (χ2n) is 4.59. The Morgan fingerprint density at radius 2 is 2.37 bits per heavy atom. The molecule has 7 heteroatoms. The molecule has 19 heavy (non-hydrogen) atoms. The van der Waals surface area contributed by atoms with Crippen molar-refractivity contribution in [3.05, 3.63) is 15.6 Å². The number of thiazole rings is 1. The Labute approximate surface area is 115 Å². The van der Waals surface area contributed by atoms with Crippen LogP contribution in [0.2, 0.25) is 0 Å². The van der Waals surface area contributed by atoms with Crippen molar-refractivity contribution in [3.63, 3.8) is 0 Å². The van der Waals surface area contributed by atoms with Crippen molar-refractivity contribution < 1.29 is 14.7 Å². The van der Waals surface area contributed by atoms with E-state index in [2.05, 4.69) is 15.6 Å². The van der Waals surface area contributed by atoms with Crippen molar-refractivity contribution >= 4 is 23.2 Å². The van der Waals surface area contributed by atoms with Gasteiger partial charge >= 0.3 is 5.97 Å². The van der Waals surface area contributed by atoms with E-state index in [-0.39, 0.29) is 16.7 Å². The van der Waals surface area contributed by atoms with Crippen LogP contribution in [0.5, 0.6) is 0 Å².